The summed E-state index contributed by atoms with van der Waals surface area (Å²) in [6.07, 6.45) is 1.69. The van der Waals surface area contributed by atoms with Crippen molar-refractivity contribution in [2.75, 3.05) is 12.3 Å². The van der Waals surface area contributed by atoms with Crippen LogP contribution in [0.25, 0.3) is 11.5 Å². The summed E-state index contributed by atoms with van der Waals surface area (Å²) in [5, 5.41) is 0.707. The Hall–Kier alpha value is -0.970. The summed E-state index contributed by atoms with van der Waals surface area (Å²) in [5.41, 5.74) is 7.30. The van der Waals surface area contributed by atoms with Gasteiger partial charge in [-0.1, -0.05) is 11.6 Å². The number of aromatic nitrogens is 1. The van der Waals surface area contributed by atoms with Gasteiger partial charge in [-0.3, -0.25) is 0 Å². The normalized spacial score (nSPS) is 10.7. The Labute approximate surface area is 109 Å². The molecule has 1 heterocycles. The summed E-state index contributed by atoms with van der Waals surface area (Å²) in [6.45, 7) is 0.687. The van der Waals surface area contributed by atoms with Crippen LogP contribution in [0.1, 0.15) is 5.69 Å². The minimum absolute atomic E-state index is 0.630. The summed E-state index contributed by atoms with van der Waals surface area (Å²) in [6, 6.07) is 7.43. The van der Waals surface area contributed by atoms with Gasteiger partial charge in [0, 0.05) is 28.6 Å². The highest BCUT2D eigenvalue weighted by Gasteiger charge is 2.06. The highest BCUT2D eigenvalue weighted by molar-refractivity contribution is 7.98. The van der Waals surface area contributed by atoms with E-state index in [-0.39, 0.29) is 0 Å². The lowest BCUT2D eigenvalue weighted by atomic mass is 10.2. The third-order valence-electron chi connectivity index (χ3n) is 2.16. The van der Waals surface area contributed by atoms with E-state index in [9.17, 15) is 0 Å². The van der Waals surface area contributed by atoms with Gasteiger partial charge in [0.15, 0.2) is 0 Å². The van der Waals surface area contributed by atoms with Crippen LogP contribution in [0.2, 0.25) is 5.02 Å². The lowest BCUT2D eigenvalue weighted by Gasteiger charge is -1.95. The molecule has 0 unspecified atom stereocenters. The van der Waals surface area contributed by atoms with E-state index in [1.54, 1.807) is 18.0 Å². The third-order valence-corrected chi connectivity index (χ3v) is 3.43. The Balaban J connectivity index is 2.04. The van der Waals surface area contributed by atoms with Crippen LogP contribution in [-0.2, 0) is 5.75 Å². The molecule has 2 rings (SSSR count). The van der Waals surface area contributed by atoms with Gasteiger partial charge in [0.2, 0.25) is 5.89 Å². The van der Waals surface area contributed by atoms with Crippen molar-refractivity contribution in [3.63, 3.8) is 0 Å². The average Bonchev–Trinajstić information content (AvgIpc) is 2.79. The first kappa shape index (κ1) is 12.5. The standard InChI is InChI=1S/C12H13ClN2OS/c13-10-3-1-9(2-4-10)12-15-11(7-16-12)8-17-6-5-14/h1-4,7H,5-6,8,14H2. The lowest BCUT2D eigenvalue weighted by Crippen LogP contribution is -2.01. The summed E-state index contributed by atoms with van der Waals surface area (Å²) in [5.74, 6) is 2.39. The minimum Gasteiger partial charge on any atom is -0.444 e. The quantitative estimate of drug-likeness (QED) is 0.846. The van der Waals surface area contributed by atoms with Crippen molar-refractivity contribution in [3.8, 4) is 11.5 Å². The van der Waals surface area contributed by atoms with Crippen molar-refractivity contribution in [3.05, 3.63) is 41.2 Å². The number of halogens is 1. The van der Waals surface area contributed by atoms with E-state index < -0.39 is 0 Å². The van der Waals surface area contributed by atoms with Gasteiger partial charge in [-0.05, 0) is 24.3 Å². The van der Waals surface area contributed by atoms with Gasteiger partial charge in [0.25, 0.3) is 0 Å². The van der Waals surface area contributed by atoms with E-state index in [2.05, 4.69) is 4.98 Å². The maximum Gasteiger partial charge on any atom is 0.226 e. The van der Waals surface area contributed by atoms with E-state index in [0.29, 0.717) is 17.5 Å². The predicted molar refractivity (Wildman–Crippen MR) is 72.2 cm³/mol. The summed E-state index contributed by atoms with van der Waals surface area (Å²) >= 11 is 7.57. The SMILES string of the molecule is NCCSCc1coc(-c2ccc(Cl)cc2)n1. The van der Waals surface area contributed by atoms with Crippen molar-refractivity contribution < 1.29 is 4.42 Å². The molecule has 0 aliphatic carbocycles. The number of hydrogen-bond donors (Lipinski definition) is 1. The molecule has 0 amide bonds. The fourth-order valence-electron chi connectivity index (χ4n) is 1.36. The molecule has 0 saturated heterocycles. The van der Waals surface area contributed by atoms with Gasteiger partial charge in [-0.25, -0.2) is 4.98 Å². The van der Waals surface area contributed by atoms with Crippen LogP contribution in [0.5, 0.6) is 0 Å². The van der Waals surface area contributed by atoms with Crippen molar-refractivity contribution in [2.45, 2.75) is 5.75 Å². The molecule has 5 heteroatoms. The maximum atomic E-state index is 5.82. The molecule has 0 aliphatic heterocycles. The molecule has 0 atom stereocenters. The molecule has 0 fully saturated rings. The Morgan fingerprint density at radius 2 is 2.06 bits per heavy atom. The number of oxazole rings is 1. The van der Waals surface area contributed by atoms with E-state index in [1.165, 1.54) is 0 Å². The van der Waals surface area contributed by atoms with E-state index in [4.69, 9.17) is 21.8 Å². The highest BCUT2D eigenvalue weighted by atomic mass is 35.5. The van der Waals surface area contributed by atoms with Gasteiger partial charge in [-0.15, -0.1) is 0 Å². The fourth-order valence-corrected chi connectivity index (χ4v) is 2.14. The largest absolute Gasteiger partial charge is 0.444 e. The summed E-state index contributed by atoms with van der Waals surface area (Å²) in [7, 11) is 0. The number of nitrogens with two attached hydrogens (primary N) is 1. The van der Waals surface area contributed by atoms with E-state index >= 15 is 0 Å². The van der Waals surface area contributed by atoms with Crippen LogP contribution >= 0.6 is 23.4 Å². The van der Waals surface area contributed by atoms with Crippen molar-refractivity contribution in [1.29, 1.82) is 0 Å². The molecule has 0 aliphatic rings. The molecular formula is C12H13ClN2OS. The minimum atomic E-state index is 0.630. The van der Waals surface area contributed by atoms with Crippen LogP contribution in [0, 0.1) is 0 Å². The number of benzene rings is 1. The highest BCUT2D eigenvalue weighted by Crippen LogP contribution is 2.22. The average molecular weight is 269 g/mol. The van der Waals surface area contributed by atoms with Gasteiger partial charge >= 0.3 is 0 Å². The zero-order valence-corrected chi connectivity index (χ0v) is 10.8. The van der Waals surface area contributed by atoms with Gasteiger partial charge in [0.05, 0.1) is 5.69 Å². The van der Waals surface area contributed by atoms with Gasteiger partial charge in [-0.2, -0.15) is 11.8 Å². The molecule has 1 aromatic carbocycles. The van der Waals surface area contributed by atoms with Crippen molar-refractivity contribution in [2.24, 2.45) is 5.73 Å². The second-order valence-electron chi connectivity index (χ2n) is 3.49. The number of hydrogen-bond acceptors (Lipinski definition) is 4. The molecule has 0 bridgehead atoms. The monoisotopic (exact) mass is 268 g/mol. The first-order valence-corrected chi connectivity index (χ1v) is 6.81. The zero-order valence-electron chi connectivity index (χ0n) is 9.23. The summed E-state index contributed by atoms with van der Waals surface area (Å²) in [4.78, 5) is 4.41. The van der Waals surface area contributed by atoms with Gasteiger partial charge in [0.1, 0.15) is 6.26 Å². The molecule has 0 saturated carbocycles. The Bertz CT molecular complexity index is 470. The first-order valence-electron chi connectivity index (χ1n) is 5.28. The number of nitrogens with zero attached hydrogens (tertiary/aromatic N) is 1. The smallest absolute Gasteiger partial charge is 0.226 e. The van der Waals surface area contributed by atoms with Crippen LogP contribution in [-0.4, -0.2) is 17.3 Å². The second-order valence-corrected chi connectivity index (χ2v) is 5.03. The van der Waals surface area contributed by atoms with E-state index in [0.717, 1.165) is 22.8 Å². The Morgan fingerprint density at radius 1 is 1.29 bits per heavy atom. The van der Waals surface area contributed by atoms with Crippen molar-refractivity contribution >= 4 is 23.4 Å². The maximum absolute atomic E-state index is 5.82. The zero-order chi connectivity index (χ0) is 12.1. The third kappa shape index (κ3) is 3.49. The molecule has 3 nitrogen and oxygen atoms in total. The van der Waals surface area contributed by atoms with Crippen LogP contribution < -0.4 is 5.73 Å². The Morgan fingerprint density at radius 3 is 2.76 bits per heavy atom. The fraction of sp³-hybridized carbons (Fsp3) is 0.250. The molecule has 0 spiro atoms. The molecule has 90 valence electrons. The topological polar surface area (TPSA) is 52.0 Å². The molecular weight excluding hydrogens is 256 g/mol. The second kappa shape index (κ2) is 6.10. The molecule has 0 radical (unpaired) electrons. The van der Waals surface area contributed by atoms with Crippen LogP contribution in [0.15, 0.2) is 34.9 Å². The number of thioether (sulfide) groups is 1. The molecule has 2 N–H and O–H groups in total. The molecule has 17 heavy (non-hydrogen) atoms. The number of rotatable bonds is 5. The van der Waals surface area contributed by atoms with Crippen LogP contribution in [0.4, 0.5) is 0 Å². The Kier molecular flexibility index (Phi) is 4.48. The van der Waals surface area contributed by atoms with Crippen LogP contribution in [0.3, 0.4) is 0 Å². The van der Waals surface area contributed by atoms with E-state index in [1.807, 2.05) is 24.3 Å². The first-order chi connectivity index (χ1) is 8.29. The predicted octanol–water partition coefficient (Wildman–Crippen LogP) is 3.19. The lowest BCUT2D eigenvalue weighted by molar-refractivity contribution is 0.573. The summed E-state index contributed by atoms with van der Waals surface area (Å²) < 4.78 is 5.42. The van der Waals surface area contributed by atoms with Gasteiger partial charge < -0.3 is 10.2 Å². The molecule has 1 aromatic heterocycles. The van der Waals surface area contributed by atoms with Crippen molar-refractivity contribution in [1.82, 2.24) is 4.98 Å². The molecule has 2 aromatic rings.